The third-order valence-electron chi connectivity index (χ3n) is 2.66. The number of ether oxygens (including phenoxy) is 2. The Bertz CT molecular complexity index is 392. The number of nitrogens with one attached hydrogen (secondary N) is 1. The molecule has 0 saturated carbocycles. The second kappa shape index (κ2) is 8.69. The van der Waals surface area contributed by atoms with Gasteiger partial charge in [-0.05, 0) is 38.3 Å². The van der Waals surface area contributed by atoms with E-state index in [2.05, 4.69) is 19.2 Å². The van der Waals surface area contributed by atoms with Crippen LogP contribution in [0, 0.1) is 5.92 Å². The molecule has 1 rings (SSSR count). The SMILES string of the molecule is CC(C)COCCCNc1cccc(OC(C)C)c1N. The maximum absolute atomic E-state index is 6.09. The summed E-state index contributed by atoms with van der Waals surface area (Å²) in [6, 6.07) is 5.81. The first-order valence-corrected chi connectivity index (χ1v) is 7.37. The molecule has 114 valence electrons. The van der Waals surface area contributed by atoms with Crippen molar-refractivity contribution >= 4 is 11.4 Å². The molecular formula is C16H28N2O2. The maximum atomic E-state index is 6.09. The number of anilines is 2. The highest BCUT2D eigenvalue weighted by atomic mass is 16.5. The van der Waals surface area contributed by atoms with Gasteiger partial charge in [-0.2, -0.15) is 0 Å². The molecule has 0 unspecified atom stereocenters. The summed E-state index contributed by atoms with van der Waals surface area (Å²) in [6.45, 7) is 10.7. The van der Waals surface area contributed by atoms with Crippen LogP contribution in [0.5, 0.6) is 5.75 Å². The average molecular weight is 280 g/mol. The van der Waals surface area contributed by atoms with Crippen LogP contribution in [0.1, 0.15) is 34.1 Å². The molecule has 1 aromatic carbocycles. The van der Waals surface area contributed by atoms with Crippen LogP contribution in [-0.2, 0) is 4.74 Å². The number of hydrogen-bond donors (Lipinski definition) is 2. The van der Waals surface area contributed by atoms with E-state index in [1.807, 2.05) is 32.0 Å². The lowest BCUT2D eigenvalue weighted by Crippen LogP contribution is -2.11. The number of nitrogens with two attached hydrogens (primary N) is 1. The molecule has 0 bridgehead atoms. The van der Waals surface area contributed by atoms with Gasteiger partial charge in [-0.25, -0.2) is 0 Å². The molecule has 4 heteroatoms. The monoisotopic (exact) mass is 280 g/mol. The van der Waals surface area contributed by atoms with E-state index in [-0.39, 0.29) is 6.10 Å². The molecule has 0 saturated heterocycles. The van der Waals surface area contributed by atoms with E-state index in [0.29, 0.717) is 11.6 Å². The molecule has 0 aliphatic heterocycles. The van der Waals surface area contributed by atoms with Crippen LogP contribution in [0.15, 0.2) is 18.2 Å². The second-order valence-corrected chi connectivity index (χ2v) is 5.63. The van der Waals surface area contributed by atoms with E-state index in [1.54, 1.807) is 0 Å². The van der Waals surface area contributed by atoms with Crippen molar-refractivity contribution in [1.29, 1.82) is 0 Å². The van der Waals surface area contributed by atoms with Crippen molar-refractivity contribution < 1.29 is 9.47 Å². The van der Waals surface area contributed by atoms with Crippen LogP contribution in [0.2, 0.25) is 0 Å². The molecule has 1 aromatic rings. The van der Waals surface area contributed by atoms with Gasteiger partial charge < -0.3 is 20.5 Å². The van der Waals surface area contributed by atoms with Crippen LogP contribution < -0.4 is 15.8 Å². The third kappa shape index (κ3) is 6.15. The van der Waals surface area contributed by atoms with Crippen molar-refractivity contribution in [2.24, 2.45) is 5.92 Å². The molecule has 0 aliphatic rings. The summed E-state index contributed by atoms with van der Waals surface area (Å²) in [6.07, 6.45) is 1.08. The van der Waals surface area contributed by atoms with Crippen LogP contribution in [0.25, 0.3) is 0 Å². The summed E-state index contributed by atoms with van der Waals surface area (Å²) in [5, 5.41) is 3.33. The molecule has 0 aromatic heterocycles. The molecule has 0 radical (unpaired) electrons. The minimum absolute atomic E-state index is 0.122. The summed E-state index contributed by atoms with van der Waals surface area (Å²) >= 11 is 0. The quantitative estimate of drug-likeness (QED) is 0.536. The minimum atomic E-state index is 0.122. The van der Waals surface area contributed by atoms with E-state index in [4.69, 9.17) is 15.2 Å². The summed E-state index contributed by atoms with van der Waals surface area (Å²) in [4.78, 5) is 0. The van der Waals surface area contributed by atoms with Crippen molar-refractivity contribution in [3.63, 3.8) is 0 Å². The number of benzene rings is 1. The normalized spacial score (nSPS) is 11.1. The van der Waals surface area contributed by atoms with E-state index in [1.165, 1.54) is 0 Å². The summed E-state index contributed by atoms with van der Waals surface area (Å²) in [5.41, 5.74) is 7.69. The number of rotatable bonds is 9. The maximum Gasteiger partial charge on any atom is 0.144 e. The predicted octanol–water partition coefficient (Wildman–Crippen LogP) is 3.53. The fourth-order valence-corrected chi connectivity index (χ4v) is 1.77. The van der Waals surface area contributed by atoms with Crippen molar-refractivity contribution in [2.75, 3.05) is 30.8 Å². The van der Waals surface area contributed by atoms with Gasteiger partial charge in [0.2, 0.25) is 0 Å². The Labute approximate surface area is 122 Å². The van der Waals surface area contributed by atoms with Crippen molar-refractivity contribution in [1.82, 2.24) is 0 Å². The summed E-state index contributed by atoms with van der Waals surface area (Å²) < 4.78 is 11.2. The third-order valence-corrected chi connectivity index (χ3v) is 2.66. The van der Waals surface area contributed by atoms with E-state index < -0.39 is 0 Å². The molecule has 3 N–H and O–H groups in total. The second-order valence-electron chi connectivity index (χ2n) is 5.63. The highest BCUT2D eigenvalue weighted by Crippen LogP contribution is 2.29. The highest BCUT2D eigenvalue weighted by Gasteiger charge is 2.07. The van der Waals surface area contributed by atoms with Crippen LogP contribution in [0.3, 0.4) is 0 Å². The van der Waals surface area contributed by atoms with Crippen LogP contribution in [0.4, 0.5) is 11.4 Å². The molecule has 0 fully saturated rings. The summed E-state index contributed by atoms with van der Waals surface area (Å²) in [5.74, 6) is 1.32. The standard InChI is InChI=1S/C16H28N2O2/c1-12(2)11-19-10-6-9-18-14-7-5-8-15(16(14)17)20-13(3)4/h5,7-8,12-13,18H,6,9-11,17H2,1-4H3. The van der Waals surface area contributed by atoms with Gasteiger partial charge in [0.05, 0.1) is 17.5 Å². The highest BCUT2D eigenvalue weighted by molar-refractivity contribution is 5.72. The van der Waals surface area contributed by atoms with E-state index in [0.717, 1.165) is 37.6 Å². The molecular weight excluding hydrogens is 252 g/mol. The Kier molecular flexibility index (Phi) is 7.23. The molecule has 4 nitrogen and oxygen atoms in total. The van der Waals surface area contributed by atoms with Crippen molar-refractivity contribution in [3.8, 4) is 5.75 Å². The fraction of sp³-hybridized carbons (Fsp3) is 0.625. The minimum Gasteiger partial charge on any atom is -0.489 e. The van der Waals surface area contributed by atoms with Gasteiger partial charge in [0.1, 0.15) is 5.75 Å². The molecule has 20 heavy (non-hydrogen) atoms. The zero-order chi connectivity index (χ0) is 15.0. The molecule has 0 spiro atoms. The molecule has 0 amide bonds. The fourth-order valence-electron chi connectivity index (χ4n) is 1.77. The van der Waals surface area contributed by atoms with Gasteiger partial charge in [0, 0.05) is 19.8 Å². The van der Waals surface area contributed by atoms with Crippen molar-refractivity contribution in [2.45, 2.75) is 40.2 Å². The van der Waals surface area contributed by atoms with Gasteiger partial charge in [-0.3, -0.25) is 0 Å². The zero-order valence-electron chi connectivity index (χ0n) is 13.1. The Morgan fingerprint density at radius 1 is 1.20 bits per heavy atom. The number of hydrogen-bond acceptors (Lipinski definition) is 4. The first-order valence-electron chi connectivity index (χ1n) is 7.37. The van der Waals surface area contributed by atoms with Crippen molar-refractivity contribution in [3.05, 3.63) is 18.2 Å². The number of para-hydroxylation sites is 1. The van der Waals surface area contributed by atoms with Crippen LogP contribution in [-0.4, -0.2) is 25.9 Å². The van der Waals surface area contributed by atoms with Gasteiger partial charge in [0.15, 0.2) is 0 Å². The Morgan fingerprint density at radius 3 is 2.60 bits per heavy atom. The molecule has 0 heterocycles. The lowest BCUT2D eigenvalue weighted by atomic mass is 10.2. The van der Waals surface area contributed by atoms with E-state index in [9.17, 15) is 0 Å². The lowest BCUT2D eigenvalue weighted by Gasteiger charge is -2.15. The topological polar surface area (TPSA) is 56.5 Å². The zero-order valence-corrected chi connectivity index (χ0v) is 13.1. The first-order chi connectivity index (χ1) is 9.50. The average Bonchev–Trinajstić information content (AvgIpc) is 2.36. The van der Waals surface area contributed by atoms with Gasteiger partial charge in [0.25, 0.3) is 0 Å². The summed E-state index contributed by atoms with van der Waals surface area (Å²) in [7, 11) is 0. The van der Waals surface area contributed by atoms with Gasteiger partial charge >= 0.3 is 0 Å². The molecule has 0 atom stereocenters. The smallest absolute Gasteiger partial charge is 0.144 e. The predicted molar refractivity (Wildman–Crippen MR) is 85.4 cm³/mol. The van der Waals surface area contributed by atoms with Crippen LogP contribution >= 0.6 is 0 Å². The first kappa shape index (κ1) is 16.6. The lowest BCUT2D eigenvalue weighted by molar-refractivity contribution is 0.110. The Hall–Kier alpha value is -1.42. The van der Waals surface area contributed by atoms with Gasteiger partial charge in [-0.15, -0.1) is 0 Å². The largest absolute Gasteiger partial charge is 0.489 e. The molecule has 0 aliphatic carbocycles. The van der Waals surface area contributed by atoms with E-state index >= 15 is 0 Å². The Balaban J connectivity index is 2.36. The van der Waals surface area contributed by atoms with Gasteiger partial charge in [-0.1, -0.05) is 19.9 Å². The number of nitrogen functional groups attached to an aromatic ring is 1. The Morgan fingerprint density at radius 2 is 1.95 bits per heavy atom.